The molecular weight excluding hydrogens is 492 g/mol. The van der Waals surface area contributed by atoms with Gasteiger partial charge in [-0.3, -0.25) is 9.69 Å². The molecule has 4 bridgehead atoms. The first-order valence-electron chi connectivity index (χ1n) is 15.6. The zero-order valence-corrected chi connectivity index (χ0v) is 23.1. The third kappa shape index (κ3) is 2.98. The van der Waals surface area contributed by atoms with E-state index in [9.17, 15) is 9.90 Å². The number of fused-ring (bicyclic) bond motifs is 1. The van der Waals surface area contributed by atoms with Crippen LogP contribution in [0.2, 0.25) is 0 Å². The van der Waals surface area contributed by atoms with Gasteiger partial charge in [0.25, 0.3) is 5.91 Å². The molecule has 9 rings (SSSR count). The first-order valence-corrected chi connectivity index (χ1v) is 15.6. The molecule has 4 nitrogen and oxygen atoms in total. The highest BCUT2D eigenvalue weighted by molar-refractivity contribution is 6.01. The Balaban J connectivity index is 1.13. The van der Waals surface area contributed by atoms with Gasteiger partial charge < -0.3 is 10.0 Å². The molecule has 4 heteroatoms. The van der Waals surface area contributed by atoms with Gasteiger partial charge >= 0.3 is 0 Å². The molecule has 2 saturated heterocycles. The van der Waals surface area contributed by atoms with Crippen LogP contribution in [0.3, 0.4) is 0 Å². The summed E-state index contributed by atoms with van der Waals surface area (Å²) < 4.78 is 0. The molecule has 5 fully saturated rings. The van der Waals surface area contributed by atoms with Gasteiger partial charge in [-0.05, 0) is 115 Å². The highest BCUT2D eigenvalue weighted by Crippen LogP contribution is 2.75. The maximum atomic E-state index is 14.4. The fourth-order valence-corrected chi connectivity index (χ4v) is 10.9. The van der Waals surface area contributed by atoms with Gasteiger partial charge in [0.2, 0.25) is 0 Å². The zero-order valence-electron chi connectivity index (χ0n) is 23.1. The highest BCUT2D eigenvalue weighted by atomic mass is 16.3. The van der Waals surface area contributed by atoms with E-state index in [2.05, 4.69) is 52.3 Å². The fourth-order valence-electron chi connectivity index (χ4n) is 10.9. The molecule has 0 aromatic heterocycles. The van der Waals surface area contributed by atoms with Gasteiger partial charge in [0.15, 0.2) is 0 Å². The lowest BCUT2D eigenvalue weighted by atomic mass is 9.43. The van der Waals surface area contributed by atoms with Crippen LogP contribution in [0.5, 0.6) is 5.75 Å². The Kier molecular flexibility index (Phi) is 4.85. The van der Waals surface area contributed by atoms with E-state index in [1.807, 2.05) is 30.3 Å². The fraction of sp³-hybridized carbons (Fsp3) is 0.472. The van der Waals surface area contributed by atoms with E-state index in [0.29, 0.717) is 23.6 Å². The lowest BCUT2D eigenvalue weighted by Crippen LogP contribution is -2.69. The van der Waals surface area contributed by atoms with Crippen LogP contribution in [0, 0.1) is 23.2 Å². The van der Waals surface area contributed by atoms with Crippen molar-refractivity contribution in [2.24, 2.45) is 23.2 Å². The van der Waals surface area contributed by atoms with E-state index in [1.54, 1.807) is 0 Å². The maximum absolute atomic E-state index is 14.4. The van der Waals surface area contributed by atoms with E-state index < -0.39 is 0 Å². The molecule has 5 unspecified atom stereocenters. The average molecular weight is 531 g/mol. The quantitative estimate of drug-likeness (QED) is 0.432. The van der Waals surface area contributed by atoms with Crippen molar-refractivity contribution in [3.63, 3.8) is 0 Å². The molecule has 3 aromatic carbocycles. The van der Waals surface area contributed by atoms with Crippen molar-refractivity contribution in [3.05, 3.63) is 89.5 Å². The summed E-state index contributed by atoms with van der Waals surface area (Å²) in [7, 11) is 0. The summed E-state index contributed by atoms with van der Waals surface area (Å²) in [4.78, 5) is 19.6. The van der Waals surface area contributed by atoms with Crippen LogP contribution in [0.1, 0.15) is 60.0 Å². The third-order valence-electron chi connectivity index (χ3n) is 12.3. The Morgan fingerprint density at radius 3 is 2.62 bits per heavy atom. The molecule has 4 aliphatic carbocycles. The molecule has 204 valence electrons. The normalized spacial score (nSPS) is 35.4. The summed E-state index contributed by atoms with van der Waals surface area (Å²) in [5, 5.41) is 10.7. The van der Waals surface area contributed by atoms with E-state index in [4.69, 9.17) is 0 Å². The molecule has 0 spiro atoms. The lowest BCUT2D eigenvalue weighted by molar-refractivity contribution is -0.102. The van der Waals surface area contributed by atoms with Gasteiger partial charge in [0, 0.05) is 36.2 Å². The van der Waals surface area contributed by atoms with Crippen LogP contribution in [0.4, 0.5) is 0 Å². The molecule has 2 heterocycles. The number of benzene rings is 3. The number of aromatic hydroxyl groups is 1. The van der Waals surface area contributed by atoms with Gasteiger partial charge in [0.1, 0.15) is 5.75 Å². The van der Waals surface area contributed by atoms with Crippen molar-refractivity contribution in [2.75, 3.05) is 19.6 Å². The van der Waals surface area contributed by atoms with Crippen LogP contribution in [-0.4, -0.2) is 52.5 Å². The predicted molar refractivity (Wildman–Crippen MR) is 156 cm³/mol. The van der Waals surface area contributed by atoms with E-state index in [1.165, 1.54) is 56.3 Å². The standard InChI is InChI=1S/C36H38N2O2/c39-27-13-12-25-18-32-35-15-14-31-33(36(35,30(25)19-27)16-17-37(32)21-23-10-11-23)26(20-35)22-38(31)34(40)29-9-5-4-8-28(29)24-6-2-1-3-7-24/h1-9,12-13,19,23,26,31-33,39H,10-11,14-18,20-22H2/t26-,31?,32?,33?,35?,36?/m1/s1. The Bertz CT molecular complexity index is 1510. The molecule has 6 aliphatic rings. The molecule has 1 N–H and O–H groups in total. The van der Waals surface area contributed by atoms with Crippen molar-refractivity contribution in [2.45, 2.75) is 62.4 Å². The van der Waals surface area contributed by atoms with Gasteiger partial charge in [-0.25, -0.2) is 0 Å². The van der Waals surface area contributed by atoms with Crippen LogP contribution in [0.15, 0.2) is 72.8 Å². The molecule has 0 radical (unpaired) electrons. The van der Waals surface area contributed by atoms with E-state index in [-0.39, 0.29) is 22.8 Å². The van der Waals surface area contributed by atoms with E-state index in [0.717, 1.165) is 42.0 Å². The van der Waals surface area contributed by atoms with Crippen molar-refractivity contribution < 1.29 is 9.90 Å². The summed E-state index contributed by atoms with van der Waals surface area (Å²) in [6.45, 7) is 3.32. The average Bonchev–Trinajstić information content (AvgIpc) is 3.68. The number of phenols is 1. The third-order valence-corrected chi connectivity index (χ3v) is 12.3. The first kappa shape index (κ1) is 23.6. The number of phenolic OH excluding ortho intramolecular Hbond substituents is 1. The Labute approximate surface area is 237 Å². The number of amides is 1. The molecule has 3 aromatic rings. The Hall–Kier alpha value is -3.11. The molecule has 3 saturated carbocycles. The summed E-state index contributed by atoms with van der Waals surface area (Å²) in [6.07, 6.45) is 8.66. The van der Waals surface area contributed by atoms with Crippen LogP contribution < -0.4 is 0 Å². The predicted octanol–water partition coefficient (Wildman–Crippen LogP) is 6.28. The minimum absolute atomic E-state index is 0.0750. The second-order valence-corrected chi connectivity index (χ2v) is 13.8. The lowest BCUT2D eigenvalue weighted by Gasteiger charge is -2.66. The number of hydrogen-bond donors (Lipinski definition) is 1. The van der Waals surface area contributed by atoms with Crippen molar-refractivity contribution in [3.8, 4) is 16.9 Å². The zero-order chi connectivity index (χ0) is 26.6. The number of piperidine rings is 1. The number of hydrogen-bond acceptors (Lipinski definition) is 3. The number of carbonyl (C=O) groups excluding carboxylic acids is 1. The second kappa shape index (κ2) is 8.22. The summed E-state index contributed by atoms with van der Waals surface area (Å²) in [6, 6.07) is 25.7. The smallest absolute Gasteiger partial charge is 0.254 e. The van der Waals surface area contributed by atoms with Gasteiger partial charge in [-0.15, -0.1) is 0 Å². The summed E-state index contributed by atoms with van der Waals surface area (Å²) in [5.74, 6) is 2.54. The number of rotatable bonds is 4. The number of carbonyl (C=O) groups is 1. The summed E-state index contributed by atoms with van der Waals surface area (Å²) in [5.41, 5.74) is 6.23. The molecule has 40 heavy (non-hydrogen) atoms. The number of nitrogens with zero attached hydrogens (tertiary/aromatic N) is 2. The van der Waals surface area contributed by atoms with Crippen LogP contribution >= 0.6 is 0 Å². The highest BCUT2D eigenvalue weighted by Gasteiger charge is 2.76. The Morgan fingerprint density at radius 2 is 1.77 bits per heavy atom. The maximum Gasteiger partial charge on any atom is 0.254 e. The van der Waals surface area contributed by atoms with Crippen molar-refractivity contribution >= 4 is 5.91 Å². The summed E-state index contributed by atoms with van der Waals surface area (Å²) >= 11 is 0. The Morgan fingerprint density at radius 1 is 0.950 bits per heavy atom. The van der Waals surface area contributed by atoms with Crippen molar-refractivity contribution in [1.29, 1.82) is 0 Å². The molecule has 1 amide bonds. The van der Waals surface area contributed by atoms with Gasteiger partial charge in [-0.2, -0.15) is 0 Å². The number of likely N-dealkylation sites (tertiary alicyclic amines) is 2. The van der Waals surface area contributed by atoms with Crippen molar-refractivity contribution in [1.82, 2.24) is 9.80 Å². The van der Waals surface area contributed by atoms with Gasteiger partial charge in [-0.1, -0.05) is 54.6 Å². The topological polar surface area (TPSA) is 43.8 Å². The van der Waals surface area contributed by atoms with E-state index >= 15 is 0 Å². The monoisotopic (exact) mass is 530 g/mol. The second-order valence-electron chi connectivity index (χ2n) is 13.8. The minimum atomic E-state index is 0.0750. The first-order chi connectivity index (χ1) is 19.6. The minimum Gasteiger partial charge on any atom is -0.508 e. The van der Waals surface area contributed by atoms with Crippen LogP contribution in [-0.2, 0) is 11.8 Å². The SMILES string of the molecule is O=C(c1ccccc1-c1ccccc1)N1C[C@H]2CC34CCC1C2C31CCN(CC2CC2)C4Cc2ccc(O)cc21. The molecular formula is C36H38N2O2. The molecule has 2 aliphatic heterocycles. The van der Waals surface area contributed by atoms with Gasteiger partial charge in [0.05, 0.1) is 0 Å². The van der Waals surface area contributed by atoms with Crippen LogP contribution in [0.25, 0.3) is 11.1 Å². The molecule has 6 atom stereocenters. The largest absolute Gasteiger partial charge is 0.508 e.